The SMILES string of the molecule is CNC1CCN(C(=O)C(Cc2ccc(C)cc2)NC(=O)C2(c3ccc(C(F)(F)F)cc3F)CC2)C1. The van der Waals surface area contributed by atoms with Gasteiger partial charge >= 0.3 is 6.18 Å². The van der Waals surface area contributed by atoms with E-state index in [4.69, 9.17) is 0 Å². The topological polar surface area (TPSA) is 61.4 Å². The number of hydrogen-bond acceptors (Lipinski definition) is 3. The Morgan fingerprint density at radius 2 is 1.83 bits per heavy atom. The number of likely N-dealkylation sites (N-methyl/N-ethyl adjacent to an activating group) is 1. The molecule has 188 valence electrons. The lowest BCUT2D eigenvalue weighted by Gasteiger charge is -2.27. The highest BCUT2D eigenvalue weighted by atomic mass is 19.4. The van der Waals surface area contributed by atoms with Crippen molar-refractivity contribution in [2.24, 2.45) is 0 Å². The maximum Gasteiger partial charge on any atom is 0.416 e. The second-order valence-electron chi connectivity index (χ2n) is 9.55. The van der Waals surface area contributed by atoms with Crippen LogP contribution in [0.1, 0.15) is 41.5 Å². The summed E-state index contributed by atoms with van der Waals surface area (Å²) in [4.78, 5) is 28.5. The van der Waals surface area contributed by atoms with Gasteiger partial charge in [0.2, 0.25) is 11.8 Å². The van der Waals surface area contributed by atoms with E-state index in [1.807, 2.05) is 38.2 Å². The number of amides is 2. The molecule has 2 unspecified atom stereocenters. The van der Waals surface area contributed by atoms with Crippen LogP contribution in [0.3, 0.4) is 0 Å². The van der Waals surface area contributed by atoms with Crippen molar-refractivity contribution in [3.8, 4) is 0 Å². The third-order valence-electron chi connectivity index (χ3n) is 7.07. The Balaban J connectivity index is 1.57. The molecule has 0 aromatic heterocycles. The molecule has 0 spiro atoms. The molecule has 4 rings (SSSR count). The summed E-state index contributed by atoms with van der Waals surface area (Å²) >= 11 is 0. The van der Waals surface area contributed by atoms with Crippen LogP contribution in [0.2, 0.25) is 0 Å². The first-order valence-electron chi connectivity index (χ1n) is 11.7. The van der Waals surface area contributed by atoms with Crippen molar-refractivity contribution in [3.63, 3.8) is 0 Å². The molecule has 2 amide bonds. The Bertz CT molecular complexity index is 1100. The van der Waals surface area contributed by atoms with Crippen molar-refractivity contribution >= 4 is 11.8 Å². The number of benzene rings is 2. The van der Waals surface area contributed by atoms with E-state index in [2.05, 4.69) is 10.6 Å². The number of rotatable bonds is 7. The molecule has 2 N–H and O–H groups in total. The fourth-order valence-electron chi connectivity index (χ4n) is 4.70. The van der Waals surface area contributed by atoms with Gasteiger partial charge in [0.15, 0.2) is 0 Å². The van der Waals surface area contributed by atoms with Crippen LogP contribution in [0.4, 0.5) is 17.6 Å². The quantitative estimate of drug-likeness (QED) is 0.581. The van der Waals surface area contributed by atoms with E-state index < -0.39 is 34.9 Å². The summed E-state index contributed by atoms with van der Waals surface area (Å²) in [5.41, 5.74) is -0.508. The molecule has 35 heavy (non-hydrogen) atoms. The Hall–Kier alpha value is -2.94. The van der Waals surface area contributed by atoms with E-state index in [0.29, 0.717) is 32.0 Å². The second kappa shape index (κ2) is 9.60. The molecule has 1 aliphatic heterocycles. The number of halogens is 4. The molecule has 1 heterocycles. The normalized spacial score (nSPS) is 19.9. The molecule has 5 nitrogen and oxygen atoms in total. The second-order valence-corrected chi connectivity index (χ2v) is 9.55. The molecule has 2 aliphatic rings. The number of aryl methyl sites for hydroxylation is 1. The Morgan fingerprint density at radius 3 is 2.37 bits per heavy atom. The van der Waals surface area contributed by atoms with E-state index >= 15 is 0 Å². The Kier molecular flexibility index (Phi) is 6.90. The lowest BCUT2D eigenvalue weighted by Crippen LogP contribution is -2.52. The van der Waals surface area contributed by atoms with Crippen LogP contribution in [0.15, 0.2) is 42.5 Å². The van der Waals surface area contributed by atoms with Gasteiger partial charge in [0.05, 0.1) is 11.0 Å². The molecule has 9 heteroatoms. The zero-order valence-electron chi connectivity index (χ0n) is 19.7. The summed E-state index contributed by atoms with van der Waals surface area (Å²) in [6.45, 7) is 3.03. The number of carbonyl (C=O) groups is 2. The molecule has 2 aromatic rings. The zero-order valence-corrected chi connectivity index (χ0v) is 19.7. The van der Waals surface area contributed by atoms with Crippen molar-refractivity contribution in [3.05, 3.63) is 70.5 Å². The molecule has 1 aliphatic carbocycles. The largest absolute Gasteiger partial charge is 0.416 e. The van der Waals surface area contributed by atoms with E-state index in [-0.39, 0.29) is 23.9 Å². The van der Waals surface area contributed by atoms with Gasteiger partial charge in [-0.2, -0.15) is 13.2 Å². The van der Waals surface area contributed by atoms with Crippen LogP contribution in [0, 0.1) is 12.7 Å². The number of nitrogens with zero attached hydrogens (tertiary/aromatic N) is 1. The van der Waals surface area contributed by atoms with Gasteiger partial charge in [-0.25, -0.2) is 4.39 Å². The standard InChI is InChI=1S/C26H29F4N3O2/c1-16-3-5-17(6-4-16)13-22(23(34)33-12-9-19(15-33)31-2)32-24(35)25(10-11-25)20-8-7-18(14-21(20)27)26(28,29)30/h3-8,14,19,22,31H,9-13,15H2,1-2H3,(H,32,35). The van der Waals surface area contributed by atoms with Crippen LogP contribution < -0.4 is 10.6 Å². The number of hydrogen-bond donors (Lipinski definition) is 2. The van der Waals surface area contributed by atoms with Crippen molar-refractivity contribution in [2.75, 3.05) is 20.1 Å². The monoisotopic (exact) mass is 491 g/mol. The first kappa shape index (κ1) is 25.2. The number of carbonyl (C=O) groups excluding carboxylic acids is 2. The average Bonchev–Trinajstić information content (AvgIpc) is 3.48. The highest BCUT2D eigenvalue weighted by Gasteiger charge is 2.54. The van der Waals surface area contributed by atoms with Crippen LogP contribution in [0.25, 0.3) is 0 Å². The fourth-order valence-corrected chi connectivity index (χ4v) is 4.70. The third-order valence-corrected chi connectivity index (χ3v) is 7.07. The van der Waals surface area contributed by atoms with Gasteiger partial charge in [0.1, 0.15) is 11.9 Å². The van der Waals surface area contributed by atoms with E-state index in [0.717, 1.165) is 29.7 Å². The molecule has 2 aromatic carbocycles. The highest BCUT2D eigenvalue weighted by molar-refractivity contribution is 5.95. The summed E-state index contributed by atoms with van der Waals surface area (Å²) in [6.07, 6.45) is -3.01. The van der Waals surface area contributed by atoms with Gasteiger partial charge in [0.25, 0.3) is 0 Å². The Morgan fingerprint density at radius 1 is 1.14 bits per heavy atom. The predicted molar refractivity (Wildman–Crippen MR) is 123 cm³/mol. The molecule has 2 fully saturated rings. The summed E-state index contributed by atoms with van der Waals surface area (Å²) in [5.74, 6) is -1.82. The maximum atomic E-state index is 14.7. The van der Waals surface area contributed by atoms with Gasteiger partial charge in [0, 0.05) is 31.1 Å². The van der Waals surface area contributed by atoms with Crippen molar-refractivity contribution in [1.82, 2.24) is 15.5 Å². The molecule has 0 bridgehead atoms. The first-order valence-corrected chi connectivity index (χ1v) is 11.7. The minimum atomic E-state index is -4.68. The van der Waals surface area contributed by atoms with Gasteiger partial charge in [-0.05, 0) is 50.9 Å². The summed E-state index contributed by atoms with van der Waals surface area (Å²) in [6, 6.07) is 9.20. The van der Waals surface area contributed by atoms with Crippen molar-refractivity contribution in [2.45, 2.75) is 56.3 Å². The van der Waals surface area contributed by atoms with Gasteiger partial charge < -0.3 is 15.5 Å². The van der Waals surface area contributed by atoms with Crippen LogP contribution >= 0.6 is 0 Å². The number of likely N-dealkylation sites (tertiary alicyclic amines) is 1. The highest BCUT2D eigenvalue weighted by Crippen LogP contribution is 2.50. The van der Waals surface area contributed by atoms with Gasteiger partial charge in [-0.3, -0.25) is 9.59 Å². The predicted octanol–water partition coefficient (Wildman–Crippen LogP) is 3.73. The lowest BCUT2D eigenvalue weighted by molar-refractivity contribution is -0.138. The molecule has 1 saturated heterocycles. The summed E-state index contributed by atoms with van der Waals surface area (Å²) < 4.78 is 53.6. The van der Waals surface area contributed by atoms with Crippen LogP contribution in [-0.2, 0) is 27.6 Å². The summed E-state index contributed by atoms with van der Waals surface area (Å²) in [5, 5.41) is 5.98. The minimum Gasteiger partial charge on any atom is -0.343 e. The molecule has 0 radical (unpaired) electrons. The third kappa shape index (κ3) is 5.34. The number of nitrogens with one attached hydrogen (secondary N) is 2. The maximum absolute atomic E-state index is 14.7. The molecule has 1 saturated carbocycles. The van der Waals surface area contributed by atoms with E-state index in [1.54, 1.807) is 4.90 Å². The van der Waals surface area contributed by atoms with E-state index in [1.165, 1.54) is 0 Å². The van der Waals surface area contributed by atoms with Crippen molar-refractivity contribution in [1.29, 1.82) is 0 Å². The van der Waals surface area contributed by atoms with Gasteiger partial charge in [-0.15, -0.1) is 0 Å². The molecular formula is C26H29F4N3O2. The van der Waals surface area contributed by atoms with Gasteiger partial charge in [-0.1, -0.05) is 35.9 Å². The Labute approximate surface area is 201 Å². The zero-order chi connectivity index (χ0) is 25.4. The molecule has 2 atom stereocenters. The minimum absolute atomic E-state index is 0.0686. The average molecular weight is 492 g/mol. The lowest BCUT2D eigenvalue weighted by atomic mass is 9.92. The summed E-state index contributed by atoms with van der Waals surface area (Å²) in [7, 11) is 1.83. The fraction of sp³-hybridized carbons (Fsp3) is 0.462. The smallest absolute Gasteiger partial charge is 0.343 e. The van der Waals surface area contributed by atoms with Crippen LogP contribution in [-0.4, -0.2) is 48.9 Å². The van der Waals surface area contributed by atoms with Crippen LogP contribution in [0.5, 0.6) is 0 Å². The molecular weight excluding hydrogens is 462 g/mol. The first-order chi connectivity index (χ1) is 16.5. The van der Waals surface area contributed by atoms with E-state index in [9.17, 15) is 27.2 Å². The van der Waals surface area contributed by atoms with Crippen molar-refractivity contribution < 1.29 is 27.2 Å². The number of alkyl halides is 3.